The number of likely N-dealkylation sites (N-methyl/N-ethyl adjacent to an activating group) is 1. The molecule has 2 N–H and O–H groups in total. The van der Waals surface area contributed by atoms with Gasteiger partial charge in [-0.05, 0) is 14.0 Å². The van der Waals surface area contributed by atoms with Crippen LogP contribution in [-0.2, 0) is 9.53 Å². The van der Waals surface area contributed by atoms with E-state index in [0.717, 1.165) is 19.6 Å². The summed E-state index contributed by atoms with van der Waals surface area (Å²) in [7, 11) is 3.70. The second-order valence-corrected chi connectivity index (χ2v) is 3.89. The molecule has 1 unspecified atom stereocenters. The van der Waals surface area contributed by atoms with Crippen LogP contribution in [0.25, 0.3) is 0 Å². The molecule has 0 aromatic rings. The normalized spacial score (nSPS) is 12.2. The Balaban J connectivity index is 3.59. The van der Waals surface area contributed by atoms with Crippen LogP contribution in [0, 0.1) is 12.3 Å². The first-order valence-corrected chi connectivity index (χ1v) is 5.73. The summed E-state index contributed by atoms with van der Waals surface area (Å²) >= 11 is 0. The fraction of sp³-hybridized carbons (Fsp3) is 0.750. The van der Waals surface area contributed by atoms with Gasteiger partial charge in [-0.2, -0.15) is 0 Å². The fourth-order valence-corrected chi connectivity index (χ4v) is 1.21. The van der Waals surface area contributed by atoms with Crippen LogP contribution in [0.5, 0.6) is 0 Å². The van der Waals surface area contributed by atoms with Crippen molar-refractivity contribution >= 4 is 5.91 Å². The molecule has 0 rings (SSSR count). The van der Waals surface area contributed by atoms with Crippen molar-refractivity contribution in [1.29, 1.82) is 0 Å². The van der Waals surface area contributed by atoms with E-state index in [-0.39, 0.29) is 18.5 Å². The number of ether oxygens (including phenoxy) is 1. The van der Waals surface area contributed by atoms with E-state index >= 15 is 0 Å². The largest absolute Gasteiger partial charge is 0.383 e. The van der Waals surface area contributed by atoms with E-state index in [1.165, 1.54) is 0 Å². The molecule has 0 aromatic carbocycles. The molecular weight excluding hydrogens is 218 g/mol. The molecule has 0 aromatic heterocycles. The maximum absolute atomic E-state index is 11.4. The van der Waals surface area contributed by atoms with E-state index < -0.39 is 0 Å². The monoisotopic (exact) mass is 241 g/mol. The summed E-state index contributed by atoms with van der Waals surface area (Å²) in [6, 6.07) is -0.223. The van der Waals surface area contributed by atoms with Crippen molar-refractivity contribution in [3.63, 3.8) is 0 Å². The first-order chi connectivity index (χ1) is 8.11. The predicted octanol–water partition coefficient (Wildman–Crippen LogP) is -0.708. The SMILES string of the molecule is C#CCNC(=O)C(C)NCCN(C)CCOC. The Bertz CT molecular complexity index is 251. The number of rotatable bonds is 9. The molecule has 98 valence electrons. The van der Waals surface area contributed by atoms with Crippen LogP contribution >= 0.6 is 0 Å². The highest BCUT2D eigenvalue weighted by molar-refractivity contribution is 5.81. The highest BCUT2D eigenvalue weighted by Crippen LogP contribution is 1.84. The van der Waals surface area contributed by atoms with Crippen LogP contribution in [0.2, 0.25) is 0 Å². The smallest absolute Gasteiger partial charge is 0.237 e. The van der Waals surface area contributed by atoms with Crippen molar-refractivity contribution in [2.24, 2.45) is 0 Å². The average molecular weight is 241 g/mol. The number of hydrogen-bond donors (Lipinski definition) is 2. The van der Waals surface area contributed by atoms with Crippen LogP contribution in [0.3, 0.4) is 0 Å². The Labute approximate surface area is 104 Å². The standard InChI is InChI=1S/C12H23N3O2/c1-5-6-14-12(16)11(2)13-7-8-15(3)9-10-17-4/h1,11,13H,6-10H2,2-4H3,(H,14,16). The third-order valence-electron chi connectivity index (χ3n) is 2.38. The molecule has 0 saturated carbocycles. The minimum atomic E-state index is -0.223. The van der Waals surface area contributed by atoms with E-state index in [1.54, 1.807) is 7.11 Å². The maximum atomic E-state index is 11.4. The summed E-state index contributed by atoms with van der Waals surface area (Å²) in [5, 5.41) is 5.77. The van der Waals surface area contributed by atoms with Crippen LogP contribution in [-0.4, -0.2) is 63.8 Å². The molecule has 1 amide bonds. The molecule has 5 nitrogen and oxygen atoms in total. The molecule has 0 spiro atoms. The van der Waals surface area contributed by atoms with Gasteiger partial charge in [0.05, 0.1) is 19.2 Å². The Morgan fingerprint density at radius 2 is 2.24 bits per heavy atom. The van der Waals surface area contributed by atoms with Gasteiger partial charge in [0, 0.05) is 26.7 Å². The van der Waals surface area contributed by atoms with Gasteiger partial charge in [-0.3, -0.25) is 4.79 Å². The van der Waals surface area contributed by atoms with Gasteiger partial charge in [-0.15, -0.1) is 6.42 Å². The van der Waals surface area contributed by atoms with Crippen molar-refractivity contribution in [3.05, 3.63) is 0 Å². The Kier molecular flexibility index (Phi) is 9.44. The fourth-order valence-electron chi connectivity index (χ4n) is 1.21. The number of hydrogen-bond acceptors (Lipinski definition) is 4. The molecule has 5 heteroatoms. The first-order valence-electron chi connectivity index (χ1n) is 5.73. The van der Waals surface area contributed by atoms with Crippen LogP contribution in [0.15, 0.2) is 0 Å². The van der Waals surface area contributed by atoms with Crippen LogP contribution < -0.4 is 10.6 Å². The van der Waals surface area contributed by atoms with Gasteiger partial charge in [0.1, 0.15) is 0 Å². The number of nitrogens with zero attached hydrogens (tertiary/aromatic N) is 1. The van der Waals surface area contributed by atoms with E-state index in [2.05, 4.69) is 21.5 Å². The summed E-state index contributed by atoms with van der Waals surface area (Å²) in [6.07, 6.45) is 5.06. The van der Waals surface area contributed by atoms with Gasteiger partial charge < -0.3 is 20.3 Å². The molecule has 0 saturated heterocycles. The lowest BCUT2D eigenvalue weighted by Crippen LogP contribution is -2.44. The van der Waals surface area contributed by atoms with Crippen molar-refractivity contribution in [3.8, 4) is 12.3 Å². The Morgan fingerprint density at radius 1 is 1.53 bits per heavy atom. The van der Waals surface area contributed by atoms with Gasteiger partial charge in [-0.25, -0.2) is 0 Å². The van der Waals surface area contributed by atoms with E-state index in [9.17, 15) is 4.79 Å². The zero-order chi connectivity index (χ0) is 13.1. The predicted molar refractivity (Wildman–Crippen MR) is 68.7 cm³/mol. The van der Waals surface area contributed by atoms with Gasteiger partial charge in [0.25, 0.3) is 0 Å². The zero-order valence-electron chi connectivity index (χ0n) is 11.0. The zero-order valence-corrected chi connectivity index (χ0v) is 11.0. The van der Waals surface area contributed by atoms with E-state index in [0.29, 0.717) is 6.61 Å². The van der Waals surface area contributed by atoms with Crippen LogP contribution in [0.1, 0.15) is 6.92 Å². The molecule has 0 radical (unpaired) electrons. The number of methoxy groups -OCH3 is 1. The molecule has 0 fully saturated rings. The summed E-state index contributed by atoms with van der Waals surface area (Å²) in [5.74, 6) is 2.30. The molecule has 17 heavy (non-hydrogen) atoms. The first kappa shape index (κ1) is 15.9. The maximum Gasteiger partial charge on any atom is 0.237 e. The Morgan fingerprint density at radius 3 is 2.82 bits per heavy atom. The minimum Gasteiger partial charge on any atom is -0.383 e. The van der Waals surface area contributed by atoms with Crippen molar-refractivity contribution in [1.82, 2.24) is 15.5 Å². The Hall–Kier alpha value is -1.09. The highest BCUT2D eigenvalue weighted by Gasteiger charge is 2.10. The topological polar surface area (TPSA) is 53.6 Å². The molecule has 0 heterocycles. The summed E-state index contributed by atoms with van der Waals surface area (Å²) in [5.41, 5.74) is 0. The third kappa shape index (κ3) is 8.69. The molecular formula is C12H23N3O2. The molecule has 1 atom stereocenters. The number of nitrogens with one attached hydrogen (secondary N) is 2. The van der Waals surface area contributed by atoms with Crippen LogP contribution in [0.4, 0.5) is 0 Å². The van der Waals surface area contributed by atoms with Crippen molar-refractivity contribution in [2.45, 2.75) is 13.0 Å². The lowest BCUT2D eigenvalue weighted by Gasteiger charge is -2.18. The van der Waals surface area contributed by atoms with Crippen molar-refractivity contribution in [2.75, 3.05) is 46.9 Å². The molecule has 0 aliphatic heterocycles. The number of terminal acetylenes is 1. The summed E-state index contributed by atoms with van der Waals surface area (Å²) < 4.78 is 4.98. The second kappa shape index (κ2) is 10.1. The second-order valence-electron chi connectivity index (χ2n) is 3.89. The molecule has 0 bridgehead atoms. The van der Waals surface area contributed by atoms with E-state index in [1.807, 2.05) is 14.0 Å². The van der Waals surface area contributed by atoms with Crippen molar-refractivity contribution < 1.29 is 9.53 Å². The third-order valence-corrected chi connectivity index (χ3v) is 2.38. The lowest BCUT2D eigenvalue weighted by molar-refractivity contribution is -0.122. The lowest BCUT2D eigenvalue weighted by atomic mass is 10.3. The summed E-state index contributed by atoms with van der Waals surface area (Å²) in [6.45, 7) is 5.32. The minimum absolute atomic E-state index is 0.0671. The average Bonchev–Trinajstić information content (AvgIpc) is 2.33. The number of amides is 1. The van der Waals surface area contributed by atoms with Gasteiger partial charge in [0.15, 0.2) is 0 Å². The number of carbonyl (C=O) groups is 1. The van der Waals surface area contributed by atoms with Gasteiger partial charge >= 0.3 is 0 Å². The van der Waals surface area contributed by atoms with Gasteiger partial charge in [-0.1, -0.05) is 5.92 Å². The molecule has 0 aliphatic carbocycles. The van der Waals surface area contributed by atoms with E-state index in [4.69, 9.17) is 11.2 Å². The number of carbonyl (C=O) groups excluding carboxylic acids is 1. The van der Waals surface area contributed by atoms with Gasteiger partial charge in [0.2, 0.25) is 5.91 Å². The summed E-state index contributed by atoms with van der Waals surface area (Å²) in [4.78, 5) is 13.6. The molecule has 0 aliphatic rings. The highest BCUT2D eigenvalue weighted by atomic mass is 16.5. The quantitative estimate of drug-likeness (QED) is 0.524.